The third kappa shape index (κ3) is 3.41. The van der Waals surface area contributed by atoms with E-state index in [4.69, 9.17) is 4.74 Å². The Hall–Kier alpha value is -0.220. The van der Waals surface area contributed by atoms with Crippen LogP contribution in [-0.2, 0) is 14.8 Å². The minimum absolute atomic E-state index is 0.0265. The first-order chi connectivity index (χ1) is 8.41. The smallest absolute Gasteiger partial charge is 0.240 e. The first kappa shape index (κ1) is 14.2. The normalized spacial score (nSPS) is 24.3. The first-order valence-electron chi connectivity index (χ1n) is 5.47. The molecule has 1 aromatic rings. The molecule has 5 nitrogen and oxygen atoms in total. The summed E-state index contributed by atoms with van der Waals surface area (Å²) in [4.78, 5) is 0.199. The van der Waals surface area contributed by atoms with E-state index in [-0.39, 0.29) is 18.0 Å². The fourth-order valence-corrected chi connectivity index (χ4v) is 3.14. The lowest BCUT2D eigenvalue weighted by Crippen LogP contribution is -2.43. The Bertz CT molecular complexity index is 508. The maximum atomic E-state index is 12.0. The molecule has 2 rings (SSSR count). The highest BCUT2D eigenvalue weighted by molar-refractivity contribution is 14.1. The van der Waals surface area contributed by atoms with Crippen LogP contribution in [-0.4, -0.2) is 38.9 Å². The lowest BCUT2D eigenvalue weighted by Gasteiger charge is -2.20. The Kier molecular flexibility index (Phi) is 4.27. The topological polar surface area (TPSA) is 75.6 Å². The van der Waals surface area contributed by atoms with Crippen molar-refractivity contribution in [3.8, 4) is 0 Å². The average Bonchev–Trinajstić information content (AvgIpc) is 2.75. The fourth-order valence-electron chi connectivity index (χ4n) is 1.66. The van der Waals surface area contributed by atoms with Gasteiger partial charge in [-0.25, -0.2) is 13.1 Å². The van der Waals surface area contributed by atoms with Gasteiger partial charge in [-0.3, -0.25) is 0 Å². The molecule has 1 heterocycles. The molecule has 1 aliphatic rings. The van der Waals surface area contributed by atoms with Crippen LogP contribution in [0.4, 0.5) is 0 Å². The Morgan fingerprint density at radius 1 is 1.39 bits per heavy atom. The third-order valence-corrected chi connectivity index (χ3v) is 4.93. The van der Waals surface area contributed by atoms with Crippen molar-refractivity contribution in [2.45, 2.75) is 16.9 Å². The summed E-state index contributed by atoms with van der Waals surface area (Å²) in [6, 6.07) is 6.53. The number of sulfonamides is 1. The summed E-state index contributed by atoms with van der Waals surface area (Å²) in [6.07, 6.45) is 0.447. The van der Waals surface area contributed by atoms with Crippen LogP contribution in [0.2, 0.25) is 0 Å². The predicted molar refractivity (Wildman–Crippen MR) is 74.7 cm³/mol. The second-order valence-corrected chi connectivity index (χ2v) is 7.32. The van der Waals surface area contributed by atoms with Crippen LogP contribution in [0.15, 0.2) is 29.2 Å². The number of halogens is 1. The zero-order valence-corrected chi connectivity index (χ0v) is 12.6. The van der Waals surface area contributed by atoms with E-state index in [0.29, 0.717) is 13.0 Å². The summed E-state index contributed by atoms with van der Waals surface area (Å²) < 4.78 is 32.4. The highest BCUT2D eigenvalue weighted by Gasteiger charge is 2.33. The van der Waals surface area contributed by atoms with Crippen LogP contribution >= 0.6 is 22.6 Å². The number of ether oxygens (including phenoxy) is 1. The van der Waals surface area contributed by atoms with E-state index in [1.807, 2.05) is 0 Å². The maximum absolute atomic E-state index is 12.0. The van der Waals surface area contributed by atoms with E-state index in [2.05, 4.69) is 27.3 Å². The Morgan fingerprint density at radius 3 is 2.61 bits per heavy atom. The Morgan fingerprint density at radius 2 is 2.06 bits per heavy atom. The third-order valence-electron chi connectivity index (χ3n) is 2.80. The van der Waals surface area contributed by atoms with Crippen molar-refractivity contribution in [3.05, 3.63) is 27.8 Å². The molecular weight excluding hydrogens is 369 g/mol. The number of rotatable bonds is 4. The molecule has 0 radical (unpaired) electrons. The average molecular weight is 383 g/mol. The van der Waals surface area contributed by atoms with Crippen molar-refractivity contribution in [1.82, 2.24) is 4.72 Å². The largest absolute Gasteiger partial charge is 0.386 e. The van der Waals surface area contributed by atoms with Crippen LogP contribution in [0.25, 0.3) is 0 Å². The van der Waals surface area contributed by atoms with E-state index >= 15 is 0 Å². The molecule has 0 saturated carbocycles. The molecule has 1 unspecified atom stereocenters. The quantitative estimate of drug-likeness (QED) is 0.752. The predicted octanol–water partition coefficient (Wildman–Crippen LogP) is 0.721. The SMILES string of the molecule is O=S(=O)(NCC1(O)CCOC1)c1ccc(I)cc1. The molecule has 0 amide bonds. The second-order valence-electron chi connectivity index (χ2n) is 4.31. The van der Waals surface area contributed by atoms with E-state index in [0.717, 1.165) is 3.57 Å². The summed E-state index contributed by atoms with van der Waals surface area (Å²) in [6.45, 7) is 0.602. The van der Waals surface area contributed by atoms with Crippen molar-refractivity contribution < 1.29 is 18.3 Å². The van der Waals surface area contributed by atoms with Gasteiger partial charge in [-0.05, 0) is 46.9 Å². The van der Waals surface area contributed by atoms with Gasteiger partial charge in [0.15, 0.2) is 0 Å². The van der Waals surface area contributed by atoms with E-state index in [1.54, 1.807) is 24.3 Å². The highest BCUT2D eigenvalue weighted by atomic mass is 127. The highest BCUT2D eigenvalue weighted by Crippen LogP contribution is 2.18. The molecule has 1 aromatic carbocycles. The van der Waals surface area contributed by atoms with Crippen molar-refractivity contribution >= 4 is 32.6 Å². The molecule has 1 atom stereocenters. The van der Waals surface area contributed by atoms with Gasteiger partial charge in [0.05, 0.1) is 11.5 Å². The molecule has 1 aliphatic heterocycles. The number of nitrogens with one attached hydrogen (secondary N) is 1. The molecule has 0 aliphatic carbocycles. The summed E-state index contributed by atoms with van der Waals surface area (Å²) in [5.41, 5.74) is -1.09. The lowest BCUT2D eigenvalue weighted by atomic mass is 10.1. The summed E-state index contributed by atoms with van der Waals surface area (Å²) in [5.74, 6) is 0. The van der Waals surface area contributed by atoms with E-state index in [1.165, 1.54) is 0 Å². The van der Waals surface area contributed by atoms with Gasteiger partial charge in [0.1, 0.15) is 5.60 Å². The van der Waals surface area contributed by atoms with Crippen molar-refractivity contribution in [2.75, 3.05) is 19.8 Å². The minimum Gasteiger partial charge on any atom is -0.386 e. The van der Waals surface area contributed by atoms with Crippen LogP contribution in [0.1, 0.15) is 6.42 Å². The fraction of sp³-hybridized carbons (Fsp3) is 0.455. The van der Waals surface area contributed by atoms with Gasteiger partial charge in [-0.2, -0.15) is 0 Å². The molecule has 100 valence electrons. The van der Waals surface area contributed by atoms with Crippen LogP contribution in [0, 0.1) is 3.57 Å². The summed E-state index contributed by atoms with van der Waals surface area (Å²) in [5, 5.41) is 9.99. The van der Waals surface area contributed by atoms with E-state index in [9.17, 15) is 13.5 Å². The summed E-state index contributed by atoms with van der Waals surface area (Å²) in [7, 11) is -3.57. The van der Waals surface area contributed by atoms with Crippen LogP contribution in [0.5, 0.6) is 0 Å². The van der Waals surface area contributed by atoms with Crippen LogP contribution in [0.3, 0.4) is 0 Å². The Labute approximate surface area is 120 Å². The molecular formula is C11H14INO4S. The first-order valence-corrected chi connectivity index (χ1v) is 8.03. The molecule has 2 N–H and O–H groups in total. The number of hydrogen-bond donors (Lipinski definition) is 2. The second kappa shape index (κ2) is 5.41. The summed E-state index contributed by atoms with van der Waals surface area (Å²) >= 11 is 2.11. The zero-order chi connectivity index (χ0) is 13.2. The van der Waals surface area contributed by atoms with Gasteiger partial charge < -0.3 is 9.84 Å². The standard InChI is InChI=1S/C11H14INO4S/c12-9-1-3-10(4-2-9)18(15,16)13-7-11(14)5-6-17-8-11/h1-4,13-14H,5-8H2. The van der Waals surface area contributed by atoms with Gasteiger partial charge in [-0.1, -0.05) is 0 Å². The molecule has 18 heavy (non-hydrogen) atoms. The molecule has 0 spiro atoms. The number of hydrogen-bond acceptors (Lipinski definition) is 4. The van der Waals surface area contributed by atoms with Crippen molar-refractivity contribution in [3.63, 3.8) is 0 Å². The Balaban J connectivity index is 2.05. The molecule has 0 aromatic heterocycles. The molecule has 1 fully saturated rings. The van der Waals surface area contributed by atoms with Gasteiger partial charge >= 0.3 is 0 Å². The van der Waals surface area contributed by atoms with Crippen molar-refractivity contribution in [2.24, 2.45) is 0 Å². The monoisotopic (exact) mass is 383 g/mol. The van der Waals surface area contributed by atoms with Crippen molar-refractivity contribution in [1.29, 1.82) is 0 Å². The van der Waals surface area contributed by atoms with Gasteiger partial charge in [0.25, 0.3) is 0 Å². The molecule has 0 bridgehead atoms. The van der Waals surface area contributed by atoms with Gasteiger partial charge in [0.2, 0.25) is 10.0 Å². The maximum Gasteiger partial charge on any atom is 0.240 e. The van der Waals surface area contributed by atoms with Gasteiger partial charge in [-0.15, -0.1) is 0 Å². The number of benzene rings is 1. The number of aliphatic hydroxyl groups is 1. The van der Waals surface area contributed by atoms with E-state index < -0.39 is 15.6 Å². The van der Waals surface area contributed by atoms with Crippen LogP contribution < -0.4 is 4.72 Å². The molecule has 1 saturated heterocycles. The minimum atomic E-state index is -3.57. The van der Waals surface area contributed by atoms with Gasteiger partial charge in [0, 0.05) is 23.1 Å². The lowest BCUT2D eigenvalue weighted by molar-refractivity contribution is 0.0314. The molecule has 7 heteroatoms. The zero-order valence-electron chi connectivity index (χ0n) is 9.60.